The number of carbonyl (C=O) groups is 2. The lowest BCUT2D eigenvalue weighted by Crippen LogP contribution is -2.39. The molecule has 3 amide bonds. The van der Waals surface area contributed by atoms with Gasteiger partial charge in [0.2, 0.25) is 0 Å². The number of nitrogens with one attached hydrogen (secondary N) is 2. The summed E-state index contributed by atoms with van der Waals surface area (Å²) in [5.41, 5.74) is 2.60. The number of hydrogen-bond donors (Lipinski definition) is 2. The van der Waals surface area contributed by atoms with E-state index in [0.29, 0.717) is 23.8 Å². The fourth-order valence-corrected chi connectivity index (χ4v) is 4.08. The zero-order valence-electron chi connectivity index (χ0n) is 18.0. The molecule has 0 aliphatic carbocycles. The van der Waals surface area contributed by atoms with Crippen LogP contribution in [0.25, 0.3) is 16.8 Å². The van der Waals surface area contributed by atoms with Gasteiger partial charge in [-0.05, 0) is 49.4 Å². The Labute approximate surface area is 180 Å². The summed E-state index contributed by atoms with van der Waals surface area (Å²) in [7, 11) is 0. The van der Waals surface area contributed by atoms with E-state index in [1.54, 1.807) is 12.4 Å². The monoisotopic (exact) mass is 421 g/mol. The summed E-state index contributed by atoms with van der Waals surface area (Å²) in [6, 6.07) is 7.26. The van der Waals surface area contributed by atoms with Gasteiger partial charge in [-0.15, -0.1) is 5.10 Å². The van der Waals surface area contributed by atoms with Gasteiger partial charge >= 0.3 is 6.03 Å². The minimum Gasteiger partial charge on any atom is -0.338 e. The maximum atomic E-state index is 13.6. The molecule has 1 fully saturated rings. The molecule has 1 saturated heterocycles. The Bertz CT molecular complexity index is 1090. The first-order chi connectivity index (χ1) is 15.0. The number of aromatic nitrogens is 4. The topological polar surface area (TPSA) is 105 Å². The molecule has 0 spiro atoms. The van der Waals surface area contributed by atoms with Crippen molar-refractivity contribution in [3.63, 3.8) is 0 Å². The number of hydrogen-bond acceptors (Lipinski definition) is 5. The van der Waals surface area contributed by atoms with E-state index in [2.05, 4.69) is 39.5 Å². The lowest BCUT2D eigenvalue weighted by molar-refractivity contribution is 0.0692. The third kappa shape index (κ3) is 4.21. The number of rotatable bonds is 5. The van der Waals surface area contributed by atoms with E-state index in [4.69, 9.17) is 0 Å². The summed E-state index contributed by atoms with van der Waals surface area (Å²) in [6.45, 7) is 7.32. The second kappa shape index (κ2) is 8.71. The average molecular weight is 422 g/mol. The van der Waals surface area contributed by atoms with Gasteiger partial charge in [-0.25, -0.2) is 9.31 Å². The van der Waals surface area contributed by atoms with Gasteiger partial charge < -0.3 is 10.2 Å². The number of amides is 3. The van der Waals surface area contributed by atoms with Crippen LogP contribution in [0.5, 0.6) is 0 Å². The molecule has 9 nitrogen and oxygen atoms in total. The van der Waals surface area contributed by atoms with Gasteiger partial charge in [-0.1, -0.05) is 19.9 Å². The molecule has 0 radical (unpaired) electrons. The maximum absolute atomic E-state index is 13.6. The standard InChI is InChI=1S/C22H27N7O2/c1-4-24-22(31)26-21-25-19-12-16(15-7-5-9-23-13-15)11-18(29(19)27-21)20(30)28-10-6-8-17(28)14(2)3/h5,7,9,11-14,17H,4,6,8,10H2,1-3H3,(H2,24,26,27,31). The van der Waals surface area contributed by atoms with Gasteiger partial charge in [0.25, 0.3) is 11.9 Å². The molecule has 162 valence electrons. The molecule has 4 heterocycles. The second-order valence-corrected chi connectivity index (χ2v) is 8.01. The van der Waals surface area contributed by atoms with Crippen LogP contribution in [0.3, 0.4) is 0 Å². The molecule has 1 aliphatic heterocycles. The number of fused-ring (bicyclic) bond motifs is 1. The molecule has 1 unspecified atom stereocenters. The molecule has 0 aromatic carbocycles. The van der Waals surface area contributed by atoms with Gasteiger partial charge in [0.05, 0.1) is 0 Å². The van der Waals surface area contributed by atoms with Crippen LogP contribution in [0.4, 0.5) is 10.7 Å². The summed E-state index contributed by atoms with van der Waals surface area (Å²) in [4.78, 5) is 36.1. The molecule has 2 N–H and O–H groups in total. The summed E-state index contributed by atoms with van der Waals surface area (Å²) < 4.78 is 1.51. The Morgan fingerprint density at radius 2 is 2.10 bits per heavy atom. The lowest BCUT2D eigenvalue weighted by atomic mass is 10.0. The van der Waals surface area contributed by atoms with E-state index in [-0.39, 0.29) is 17.9 Å². The van der Waals surface area contributed by atoms with Crippen molar-refractivity contribution < 1.29 is 9.59 Å². The Balaban J connectivity index is 1.80. The van der Waals surface area contributed by atoms with Crippen LogP contribution in [-0.4, -0.2) is 55.6 Å². The molecule has 1 atom stereocenters. The number of nitrogens with zero attached hydrogens (tertiary/aromatic N) is 5. The molecular formula is C22H27N7O2. The van der Waals surface area contributed by atoms with Crippen molar-refractivity contribution in [2.24, 2.45) is 5.92 Å². The van der Waals surface area contributed by atoms with Crippen molar-refractivity contribution in [1.29, 1.82) is 0 Å². The largest absolute Gasteiger partial charge is 0.338 e. The van der Waals surface area contributed by atoms with E-state index in [0.717, 1.165) is 30.5 Å². The molecular weight excluding hydrogens is 394 g/mol. The zero-order valence-corrected chi connectivity index (χ0v) is 18.0. The van der Waals surface area contributed by atoms with Crippen LogP contribution < -0.4 is 10.6 Å². The highest BCUT2D eigenvalue weighted by Gasteiger charge is 2.33. The van der Waals surface area contributed by atoms with Crippen molar-refractivity contribution in [2.75, 3.05) is 18.4 Å². The minimum atomic E-state index is -0.391. The summed E-state index contributed by atoms with van der Waals surface area (Å²) in [6.07, 6.45) is 5.44. The predicted molar refractivity (Wildman–Crippen MR) is 118 cm³/mol. The number of likely N-dealkylation sites (tertiary alicyclic amines) is 1. The first-order valence-corrected chi connectivity index (χ1v) is 10.6. The van der Waals surface area contributed by atoms with Gasteiger partial charge in [-0.3, -0.25) is 15.1 Å². The van der Waals surface area contributed by atoms with Crippen LogP contribution >= 0.6 is 0 Å². The fraction of sp³-hybridized carbons (Fsp3) is 0.409. The summed E-state index contributed by atoms with van der Waals surface area (Å²) in [5, 5.41) is 9.68. The van der Waals surface area contributed by atoms with Crippen LogP contribution in [0.15, 0.2) is 36.7 Å². The van der Waals surface area contributed by atoms with Crippen LogP contribution in [0, 0.1) is 5.92 Å². The van der Waals surface area contributed by atoms with Gasteiger partial charge in [0.15, 0.2) is 5.65 Å². The highest BCUT2D eigenvalue weighted by Crippen LogP contribution is 2.28. The summed E-state index contributed by atoms with van der Waals surface area (Å²) in [5.74, 6) is 0.431. The van der Waals surface area contributed by atoms with Crippen LogP contribution in [0.2, 0.25) is 0 Å². The minimum absolute atomic E-state index is 0.0820. The van der Waals surface area contributed by atoms with Crippen molar-refractivity contribution in [1.82, 2.24) is 29.8 Å². The van der Waals surface area contributed by atoms with E-state index in [9.17, 15) is 9.59 Å². The van der Waals surface area contributed by atoms with Crippen molar-refractivity contribution >= 4 is 23.5 Å². The van der Waals surface area contributed by atoms with Gasteiger partial charge in [-0.2, -0.15) is 4.98 Å². The first kappa shape index (κ1) is 20.8. The predicted octanol–water partition coefficient (Wildman–Crippen LogP) is 3.19. The molecule has 3 aromatic heterocycles. The van der Waals surface area contributed by atoms with Crippen molar-refractivity contribution in [2.45, 2.75) is 39.7 Å². The number of urea groups is 1. The highest BCUT2D eigenvalue weighted by molar-refractivity contribution is 5.95. The van der Waals surface area contributed by atoms with E-state index in [1.165, 1.54) is 4.52 Å². The molecule has 0 saturated carbocycles. The molecule has 3 aromatic rings. The Morgan fingerprint density at radius 1 is 1.26 bits per heavy atom. The lowest BCUT2D eigenvalue weighted by Gasteiger charge is -2.27. The molecule has 9 heteroatoms. The van der Waals surface area contributed by atoms with Crippen molar-refractivity contribution in [3.8, 4) is 11.1 Å². The molecule has 31 heavy (non-hydrogen) atoms. The van der Waals surface area contributed by atoms with E-state index in [1.807, 2.05) is 36.1 Å². The maximum Gasteiger partial charge on any atom is 0.321 e. The SMILES string of the molecule is CCNC(=O)Nc1nc2cc(-c3cccnc3)cc(C(=O)N3CCCC3C(C)C)n2n1. The third-order valence-electron chi connectivity index (χ3n) is 5.54. The van der Waals surface area contributed by atoms with Gasteiger partial charge in [0.1, 0.15) is 5.69 Å². The smallest absolute Gasteiger partial charge is 0.321 e. The first-order valence-electron chi connectivity index (χ1n) is 10.6. The van der Waals surface area contributed by atoms with E-state index < -0.39 is 6.03 Å². The molecule has 1 aliphatic rings. The number of pyridine rings is 2. The van der Waals surface area contributed by atoms with E-state index >= 15 is 0 Å². The van der Waals surface area contributed by atoms with Crippen molar-refractivity contribution in [3.05, 3.63) is 42.4 Å². The Morgan fingerprint density at radius 3 is 2.81 bits per heavy atom. The Kier molecular flexibility index (Phi) is 5.83. The second-order valence-electron chi connectivity index (χ2n) is 8.01. The number of anilines is 1. The fourth-order valence-electron chi connectivity index (χ4n) is 4.08. The number of carbonyl (C=O) groups excluding carboxylic acids is 2. The van der Waals surface area contributed by atoms with Gasteiger partial charge in [0, 0.05) is 37.1 Å². The molecule has 0 bridgehead atoms. The van der Waals surface area contributed by atoms with Crippen LogP contribution in [0.1, 0.15) is 44.1 Å². The van der Waals surface area contributed by atoms with Crippen LogP contribution in [-0.2, 0) is 0 Å². The third-order valence-corrected chi connectivity index (χ3v) is 5.54. The highest BCUT2D eigenvalue weighted by atomic mass is 16.2. The normalized spacial score (nSPS) is 16.1. The Hall–Kier alpha value is -3.49. The average Bonchev–Trinajstić information content (AvgIpc) is 3.40. The zero-order chi connectivity index (χ0) is 22.0. The molecule has 4 rings (SSSR count). The quantitative estimate of drug-likeness (QED) is 0.658. The summed E-state index contributed by atoms with van der Waals surface area (Å²) >= 11 is 0.